The van der Waals surface area contributed by atoms with Gasteiger partial charge in [-0.3, -0.25) is 16.3 Å². The Hall–Kier alpha value is -1.30. The number of aryl methyl sites for hydroxylation is 1. The van der Waals surface area contributed by atoms with Crippen molar-refractivity contribution in [2.24, 2.45) is 5.84 Å². The maximum atomic E-state index is 13.0. The minimum atomic E-state index is -0.335. The van der Waals surface area contributed by atoms with Gasteiger partial charge in [0.2, 0.25) is 0 Å². The van der Waals surface area contributed by atoms with Crippen LogP contribution < -0.4 is 11.3 Å². The van der Waals surface area contributed by atoms with E-state index in [1.165, 1.54) is 17.8 Å². The number of hydrogen-bond acceptors (Lipinski definition) is 4. The summed E-state index contributed by atoms with van der Waals surface area (Å²) in [5.41, 5.74) is 4.76. The van der Waals surface area contributed by atoms with E-state index in [2.05, 4.69) is 21.9 Å². The van der Waals surface area contributed by atoms with Gasteiger partial charge >= 0.3 is 0 Å². The molecule has 3 N–H and O–H groups in total. The molecule has 0 aliphatic rings. The number of halogens is 1. The first-order valence-electron chi connectivity index (χ1n) is 5.37. The van der Waals surface area contributed by atoms with Crippen molar-refractivity contribution in [3.63, 3.8) is 0 Å². The molecular weight excluding hydrogens is 237 g/mol. The van der Waals surface area contributed by atoms with Gasteiger partial charge in [0.1, 0.15) is 5.82 Å². The van der Waals surface area contributed by atoms with Crippen LogP contribution in [0, 0.1) is 5.82 Å². The lowest BCUT2D eigenvalue weighted by Crippen LogP contribution is -2.28. The van der Waals surface area contributed by atoms with Crippen LogP contribution in [0.4, 0.5) is 4.39 Å². The van der Waals surface area contributed by atoms with Gasteiger partial charge in [-0.2, -0.15) is 11.3 Å². The Kier molecular flexibility index (Phi) is 4.19. The highest BCUT2D eigenvalue weighted by atomic mass is 32.1. The van der Waals surface area contributed by atoms with E-state index in [4.69, 9.17) is 5.84 Å². The van der Waals surface area contributed by atoms with E-state index < -0.39 is 0 Å². The Labute approximate surface area is 103 Å². The summed E-state index contributed by atoms with van der Waals surface area (Å²) in [5.74, 6) is 5.16. The third kappa shape index (κ3) is 3.33. The second-order valence-electron chi connectivity index (χ2n) is 3.83. The van der Waals surface area contributed by atoms with Crippen LogP contribution in [0.5, 0.6) is 0 Å². The lowest BCUT2D eigenvalue weighted by Gasteiger charge is -2.15. The minimum absolute atomic E-state index is 0.0712. The van der Waals surface area contributed by atoms with Crippen molar-refractivity contribution in [3.05, 3.63) is 52.2 Å². The van der Waals surface area contributed by atoms with Crippen LogP contribution in [0.2, 0.25) is 0 Å². The quantitative estimate of drug-likeness (QED) is 0.634. The predicted molar refractivity (Wildman–Crippen MR) is 66.9 cm³/mol. The van der Waals surface area contributed by atoms with E-state index in [-0.39, 0.29) is 11.9 Å². The summed E-state index contributed by atoms with van der Waals surface area (Å²) >= 11 is 1.67. The maximum Gasteiger partial charge on any atom is 0.141 e. The summed E-state index contributed by atoms with van der Waals surface area (Å²) < 4.78 is 13.0. The van der Waals surface area contributed by atoms with Crippen LogP contribution in [-0.4, -0.2) is 4.98 Å². The number of thiophene rings is 1. The molecule has 0 aromatic carbocycles. The SMILES string of the molecule is NNC(CCc1ccsc1)c1cncc(F)c1. The Bertz CT molecular complexity index is 459. The molecule has 3 nitrogen and oxygen atoms in total. The highest BCUT2D eigenvalue weighted by molar-refractivity contribution is 7.07. The Morgan fingerprint density at radius 3 is 3.00 bits per heavy atom. The molecule has 0 aliphatic carbocycles. The molecule has 0 bridgehead atoms. The summed E-state index contributed by atoms with van der Waals surface area (Å²) in [7, 11) is 0. The maximum absolute atomic E-state index is 13.0. The van der Waals surface area contributed by atoms with Gasteiger partial charge in [-0.05, 0) is 46.9 Å². The first-order valence-corrected chi connectivity index (χ1v) is 6.31. The third-order valence-corrected chi connectivity index (χ3v) is 3.36. The van der Waals surface area contributed by atoms with Crippen LogP contribution in [0.15, 0.2) is 35.3 Å². The van der Waals surface area contributed by atoms with Gasteiger partial charge in [-0.15, -0.1) is 0 Å². The van der Waals surface area contributed by atoms with Gasteiger partial charge in [0.25, 0.3) is 0 Å². The number of nitrogens with one attached hydrogen (secondary N) is 1. The molecule has 0 aliphatic heterocycles. The summed E-state index contributed by atoms with van der Waals surface area (Å²) in [6, 6.07) is 3.48. The Morgan fingerprint density at radius 1 is 1.47 bits per heavy atom. The lowest BCUT2D eigenvalue weighted by molar-refractivity contribution is 0.509. The van der Waals surface area contributed by atoms with Gasteiger partial charge in [-0.25, -0.2) is 4.39 Å². The van der Waals surface area contributed by atoms with Crippen molar-refractivity contribution in [1.82, 2.24) is 10.4 Å². The van der Waals surface area contributed by atoms with Crippen LogP contribution in [-0.2, 0) is 6.42 Å². The Balaban J connectivity index is 2.01. The number of aromatic nitrogens is 1. The number of nitrogens with two attached hydrogens (primary N) is 1. The second-order valence-corrected chi connectivity index (χ2v) is 4.61. The minimum Gasteiger partial charge on any atom is -0.271 e. The van der Waals surface area contributed by atoms with Gasteiger partial charge in [0.05, 0.1) is 6.20 Å². The predicted octanol–water partition coefficient (Wildman–Crippen LogP) is 2.42. The molecular formula is C12H14FN3S. The zero-order chi connectivity index (χ0) is 12.1. The van der Waals surface area contributed by atoms with Crippen LogP contribution in [0.3, 0.4) is 0 Å². The summed E-state index contributed by atoms with van der Waals surface area (Å²) in [5, 5.41) is 4.15. The fourth-order valence-corrected chi connectivity index (χ4v) is 2.41. The highest BCUT2D eigenvalue weighted by Gasteiger charge is 2.11. The number of rotatable bonds is 5. The monoisotopic (exact) mass is 251 g/mol. The van der Waals surface area contributed by atoms with Crippen LogP contribution in [0.1, 0.15) is 23.6 Å². The van der Waals surface area contributed by atoms with E-state index in [1.54, 1.807) is 17.5 Å². The molecule has 2 heterocycles. The highest BCUT2D eigenvalue weighted by Crippen LogP contribution is 2.19. The molecule has 5 heteroatoms. The van der Waals surface area contributed by atoms with Crippen molar-refractivity contribution in [1.29, 1.82) is 0 Å². The molecule has 0 radical (unpaired) electrons. The zero-order valence-corrected chi connectivity index (χ0v) is 10.1. The average molecular weight is 251 g/mol. The lowest BCUT2D eigenvalue weighted by atomic mass is 10.0. The Morgan fingerprint density at radius 2 is 2.35 bits per heavy atom. The zero-order valence-electron chi connectivity index (χ0n) is 9.27. The third-order valence-electron chi connectivity index (χ3n) is 2.63. The van der Waals surface area contributed by atoms with E-state index in [0.29, 0.717) is 0 Å². The summed E-state index contributed by atoms with van der Waals surface area (Å²) in [6.07, 6.45) is 4.56. The topological polar surface area (TPSA) is 50.9 Å². The van der Waals surface area contributed by atoms with Crippen molar-refractivity contribution in [2.45, 2.75) is 18.9 Å². The number of nitrogens with zero attached hydrogens (tertiary/aromatic N) is 1. The van der Waals surface area contributed by atoms with Gasteiger partial charge in [0, 0.05) is 12.2 Å². The van der Waals surface area contributed by atoms with Gasteiger partial charge < -0.3 is 0 Å². The molecule has 2 aromatic rings. The fourth-order valence-electron chi connectivity index (χ4n) is 1.71. The second kappa shape index (κ2) is 5.86. The van der Waals surface area contributed by atoms with Gasteiger partial charge in [-0.1, -0.05) is 0 Å². The molecule has 0 fully saturated rings. The molecule has 0 spiro atoms. The largest absolute Gasteiger partial charge is 0.271 e. The van der Waals surface area contributed by atoms with Crippen molar-refractivity contribution in [2.75, 3.05) is 0 Å². The fraction of sp³-hybridized carbons (Fsp3) is 0.250. The smallest absolute Gasteiger partial charge is 0.141 e. The van der Waals surface area contributed by atoms with Crippen molar-refractivity contribution >= 4 is 11.3 Å². The molecule has 2 aromatic heterocycles. The molecule has 2 rings (SSSR count). The van der Waals surface area contributed by atoms with E-state index in [9.17, 15) is 4.39 Å². The normalized spacial score (nSPS) is 12.6. The first-order chi connectivity index (χ1) is 8.29. The van der Waals surface area contributed by atoms with E-state index in [0.717, 1.165) is 18.4 Å². The van der Waals surface area contributed by atoms with E-state index >= 15 is 0 Å². The molecule has 0 saturated heterocycles. The van der Waals surface area contributed by atoms with Crippen molar-refractivity contribution < 1.29 is 4.39 Å². The average Bonchev–Trinajstić information content (AvgIpc) is 2.83. The molecule has 0 saturated carbocycles. The molecule has 1 atom stereocenters. The van der Waals surface area contributed by atoms with Crippen LogP contribution in [0.25, 0.3) is 0 Å². The van der Waals surface area contributed by atoms with E-state index in [1.807, 2.05) is 5.38 Å². The molecule has 17 heavy (non-hydrogen) atoms. The van der Waals surface area contributed by atoms with Gasteiger partial charge in [0.15, 0.2) is 0 Å². The number of hydrogen-bond donors (Lipinski definition) is 2. The number of pyridine rings is 1. The standard InChI is InChI=1S/C12H14FN3S/c13-11-5-10(6-15-7-11)12(16-14)2-1-9-3-4-17-8-9/h3-8,12,16H,1-2,14H2. The molecule has 0 amide bonds. The summed E-state index contributed by atoms with van der Waals surface area (Å²) in [4.78, 5) is 3.83. The van der Waals surface area contributed by atoms with Crippen LogP contribution >= 0.6 is 11.3 Å². The number of hydrazine groups is 1. The molecule has 1 unspecified atom stereocenters. The van der Waals surface area contributed by atoms with Crippen molar-refractivity contribution in [3.8, 4) is 0 Å². The summed E-state index contributed by atoms with van der Waals surface area (Å²) in [6.45, 7) is 0. The first kappa shape index (κ1) is 12.2. The molecule has 90 valence electrons.